The Hall–Kier alpha value is -5.53. The Morgan fingerprint density at radius 3 is 2.25 bits per heavy atom. The highest BCUT2D eigenvalue weighted by Crippen LogP contribution is 2.33. The zero-order valence-electron chi connectivity index (χ0n) is 22.9. The van der Waals surface area contributed by atoms with Gasteiger partial charge in [-0.2, -0.15) is 18.3 Å². The highest BCUT2D eigenvalue weighted by Gasteiger charge is 2.34. The third-order valence-electron chi connectivity index (χ3n) is 6.90. The molecule has 2 heterocycles. The van der Waals surface area contributed by atoms with Gasteiger partial charge in [-0.3, -0.25) is 24.2 Å². The first-order chi connectivity index (χ1) is 21.0. The van der Waals surface area contributed by atoms with E-state index in [2.05, 4.69) is 5.10 Å². The molecule has 5 rings (SSSR count). The van der Waals surface area contributed by atoms with Gasteiger partial charge in [-0.25, -0.2) is 13.8 Å². The Bertz CT molecular complexity index is 1930. The molecule has 2 aromatic heterocycles. The topological polar surface area (TPSA) is 114 Å². The molecule has 0 bridgehead atoms. The quantitative estimate of drug-likeness (QED) is 0.125. The zero-order chi connectivity index (χ0) is 31.6. The maximum absolute atomic E-state index is 15.8. The first-order valence-corrected chi connectivity index (χ1v) is 13.0. The summed E-state index contributed by atoms with van der Waals surface area (Å²) in [6.07, 6.45) is -4.71. The Morgan fingerprint density at radius 2 is 1.61 bits per heavy atom. The van der Waals surface area contributed by atoms with Gasteiger partial charge < -0.3 is 4.74 Å². The van der Waals surface area contributed by atoms with Crippen LogP contribution in [0.4, 0.5) is 23.2 Å². The number of alkyl halides is 4. The SMILES string of the molecule is COc1ccc(Cn2c(-c3cnn(Cc4ccccc4C(F)(F)F)c3)c([N+](=O)[O-])c(=O)n(C(F)c3ccccc3)c2=O)cc1. The molecular formula is C30H23F4N5O5. The molecule has 0 saturated heterocycles. The maximum Gasteiger partial charge on any atom is 0.416 e. The number of nitro groups is 1. The molecule has 226 valence electrons. The largest absolute Gasteiger partial charge is 0.497 e. The maximum atomic E-state index is 15.8. The van der Waals surface area contributed by atoms with E-state index in [4.69, 9.17) is 4.74 Å². The summed E-state index contributed by atoms with van der Waals surface area (Å²) in [5.41, 5.74) is -5.01. The Balaban J connectivity index is 1.70. The van der Waals surface area contributed by atoms with E-state index in [0.717, 1.165) is 21.5 Å². The lowest BCUT2D eigenvalue weighted by atomic mass is 10.1. The summed E-state index contributed by atoms with van der Waals surface area (Å²) in [6.45, 7) is -0.702. The first kappa shape index (κ1) is 29.9. The first-order valence-electron chi connectivity index (χ1n) is 13.0. The van der Waals surface area contributed by atoms with Gasteiger partial charge in [0.15, 0.2) is 0 Å². The molecule has 14 heteroatoms. The molecule has 0 fully saturated rings. The van der Waals surface area contributed by atoms with Crippen LogP contribution in [0.15, 0.2) is 101 Å². The van der Waals surface area contributed by atoms with Gasteiger partial charge >= 0.3 is 23.1 Å². The van der Waals surface area contributed by atoms with Crippen LogP contribution in [-0.2, 0) is 19.3 Å². The van der Waals surface area contributed by atoms with Gasteiger partial charge in [-0.1, -0.05) is 60.7 Å². The number of rotatable bonds is 9. The molecule has 3 aromatic carbocycles. The minimum Gasteiger partial charge on any atom is -0.497 e. The van der Waals surface area contributed by atoms with E-state index in [9.17, 15) is 32.9 Å². The smallest absolute Gasteiger partial charge is 0.416 e. The molecule has 0 aliphatic heterocycles. The van der Waals surface area contributed by atoms with E-state index < -0.39 is 45.6 Å². The monoisotopic (exact) mass is 609 g/mol. The molecule has 0 aliphatic carbocycles. The number of ether oxygens (including phenoxy) is 1. The van der Waals surface area contributed by atoms with E-state index >= 15 is 4.39 Å². The molecule has 0 aliphatic rings. The lowest BCUT2D eigenvalue weighted by Crippen LogP contribution is -2.43. The van der Waals surface area contributed by atoms with Gasteiger partial charge in [0.25, 0.3) is 0 Å². The van der Waals surface area contributed by atoms with Gasteiger partial charge in [0.1, 0.15) is 11.4 Å². The normalized spacial score (nSPS) is 12.2. The average Bonchev–Trinajstić information content (AvgIpc) is 3.46. The predicted molar refractivity (Wildman–Crippen MR) is 151 cm³/mol. The van der Waals surface area contributed by atoms with Crippen LogP contribution in [0.5, 0.6) is 5.75 Å². The fourth-order valence-electron chi connectivity index (χ4n) is 4.82. The summed E-state index contributed by atoms with van der Waals surface area (Å²) in [5, 5.41) is 16.4. The van der Waals surface area contributed by atoms with Crippen LogP contribution in [0.3, 0.4) is 0 Å². The molecule has 5 aromatic rings. The number of halogens is 4. The fraction of sp³-hybridized carbons (Fsp3) is 0.167. The number of hydrogen-bond acceptors (Lipinski definition) is 6. The van der Waals surface area contributed by atoms with E-state index in [1.165, 1.54) is 55.8 Å². The molecule has 0 amide bonds. The van der Waals surface area contributed by atoms with Gasteiger partial charge in [0.05, 0.1) is 36.9 Å². The van der Waals surface area contributed by atoms with Crippen molar-refractivity contribution in [2.45, 2.75) is 25.6 Å². The van der Waals surface area contributed by atoms with Crippen LogP contribution < -0.4 is 16.0 Å². The molecule has 44 heavy (non-hydrogen) atoms. The second-order valence-corrected chi connectivity index (χ2v) is 9.67. The Kier molecular flexibility index (Phi) is 8.16. The third-order valence-corrected chi connectivity index (χ3v) is 6.90. The third kappa shape index (κ3) is 5.86. The molecular weight excluding hydrogens is 586 g/mol. The highest BCUT2D eigenvalue weighted by molar-refractivity contribution is 5.68. The van der Waals surface area contributed by atoms with E-state index in [1.54, 1.807) is 30.3 Å². The average molecular weight is 610 g/mol. The number of methoxy groups -OCH3 is 1. The fourth-order valence-corrected chi connectivity index (χ4v) is 4.82. The second kappa shape index (κ2) is 12.0. The van der Waals surface area contributed by atoms with Crippen LogP contribution in [0.25, 0.3) is 11.3 Å². The van der Waals surface area contributed by atoms with Crippen LogP contribution in [-0.4, -0.2) is 30.9 Å². The van der Waals surface area contributed by atoms with Crippen LogP contribution in [0.1, 0.15) is 28.5 Å². The van der Waals surface area contributed by atoms with Gasteiger partial charge in [0.2, 0.25) is 6.30 Å². The summed E-state index contributed by atoms with van der Waals surface area (Å²) in [4.78, 5) is 38.7. The van der Waals surface area contributed by atoms with E-state index in [-0.39, 0.29) is 34.3 Å². The van der Waals surface area contributed by atoms with Crippen molar-refractivity contribution in [1.29, 1.82) is 0 Å². The van der Waals surface area contributed by atoms with Crippen molar-refractivity contribution in [3.8, 4) is 17.0 Å². The van der Waals surface area contributed by atoms with E-state index in [1.807, 2.05) is 0 Å². The van der Waals surface area contributed by atoms with Gasteiger partial charge in [-0.05, 0) is 29.3 Å². The van der Waals surface area contributed by atoms with E-state index in [0.29, 0.717) is 11.3 Å². The van der Waals surface area contributed by atoms with Crippen molar-refractivity contribution in [3.05, 3.63) is 144 Å². The van der Waals surface area contributed by atoms with Crippen molar-refractivity contribution in [2.75, 3.05) is 7.11 Å². The molecule has 1 atom stereocenters. The number of aromatic nitrogens is 4. The van der Waals surface area contributed by atoms with Gasteiger partial charge in [0, 0.05) is 17.3 Å². The van der Waals surface area contributed by atoms with Crippen molar-refractivity contribution in [3.63, 3.8) is 0 Å². The Labute approximate surface area is 246 Å². The standard InChI is InChI=1S/C30H23F4N5O5/c1-44-23-13-11-19(12-14-23)16-37-25(22-15-35-36(18-22)17-21-9-5-6-10-24(21)30(32,33)34)26(39(42)43)28(40)38(29(37)41)27(31)20-7-3-2-4-8-20/h2-15,18,27H,16-17H2,1H3. The lowest BCUT2D eigenvalue weighted by Gasteiger charge is -2.18. The highest BCUT2D eigenvalue weighted by atomic mass is 19.4. The number of nitrogens with zero attached hydrogens (tertiary/aromatic N) is 5. The van der Waals surface area contributed by atoms with Crippen LogP contribution >= 0.6 is 0 Å². The van der Waals surface area contributed by atoms with Crippen LogP contribution in [0.2, 0.25) is 0 Å². The molecule has 10 nitrogen and oxygen atoms in total. The lowest BCUT2D eigenvalue weighted by molar-refractivity contribution is -0.386. The Morgan fingerprint density at radius 1 is 0.955 bits per heavy atom. The van der Waals surface area contributed by atoms with Crippen molar-refractivity contribution in [1.82, 2.24) is 18.9 Å². The predicted octanol–water partition coefficient (Wildman–Crippen LogP) is 5.42. The minimum atomic E-state index is -4.64. The zero-order valence-corrected chi connectivity index (χ0v) is 22.9. The number of benzene rings is 3. The summed E-state index contributed by atoms with van der Waals surface area (Å²) in [7, 11) is 1.45. The molecule has 0 N–H and O–H groups in total. The minimum absolute atomic E-state index is 0.0825. The van der Waals surface area contributed by atoms with Crippen molar-refractivity contribution in [2.24, 2.45) is 0 Å². The molecule has 0 radical (unpaired) electrons. The summed E-state index contributed by atoms with van der Waals surface area (Å²) >= 11 is 0. The summed E-state index contributed by atoms with van der Waals surface area (Å²) in [5.74, 6) is 0.491. The van der Waals surface area contributed by atoms with Gasteiger partial charge in [-0.15, -0.1) is 0 Å². The molecule has 1 unspecified atom stereocenters. The van der Waals surface area contributed by atoms with Crippen LogP contribution in [0, 0.1) is 10.1 Å². The summed E-state index contributed by atoms with van der Waals surface area (Å²) < 4.78 is 63.8. The van der Waals surface area contributed by atoms with Crippen molar-refractivity contribution >= 4 is 5.69 Å². The summed E-state index contributed by atoms with van der Waals surface area (Å²) in [6, 6.07) is 18.4. The molecule has 0 spiro atoms. The van der Waals surface area contributed by atoms with Crippen molar-refractivity contribution < 1.29 is 27.2 Å². The second-order valence-electron chi connectivity index (χ2n) is 9.67. The number of hydrogen-bond donors (Lipinski definition) is 0. The molecule has 0 saturated carbocycles.